The number of benzene rings is 1. The third kappa shape index (κ3) is 4.52. The van der Waals surface area contributed by atoms with Crippen LogP contribution < -0.4 is 5.56 Å². The highest BCUT2D eigenvalue weighted by molar-refractivity contribution is 5.69. The zero-order valence-electron chi connectivity index (χ0n) is 14.4. The van der Waals surface area contributed by atoms with E-state index in [4.69, 9.17) is 0 Å². The summed E-state index contributed by atoms with van der Waals surface area (Å²) in [5.41, 5.74) is -1.85. The van der Waals surface area contributed by atoms with Gasteiger partial charge in [-0.05, 0) is 30.7 Å². The number of ether oxygens (including phenoxy) is 1. The molecule has 0 unspecified atom stereocenters. The minimum Gasteiger partial charge on any atom is -0.468 e. The molecule has 10 heteroatoms. The zero-order valence-corrected chi connectivity index (χ0v) is 14.4. The highest BCUT2D eigenvalue weighted by Gasteiger charge is 2.30. The summed E-state index contributed by atoms with van der Waals surface area (Å²) in [7, 11) is 1.12. The molecule has 0 amide bonds. The second-order valence-electron chi connectivity index (χ2n) is 5.76. The molecule has 7 nitrogen and oxygen atoms in total. The van der Waals surface area contributed by atoms with Gasteiger partial charge >= 0.3 is 23.4 Å². The van der Waals surface area contributed by atoms with Gasteiger partial charge in [0.2, 0.25) is 0 Å². The van der Waals surface area contributed by atoms with Gasteiger partial charge in [-0.3, -0.25) is 24.3 Å². The van der Waals surface area contributed by atoms with E-state index in [0.717, 1.165) is 23.8 Å². The Morgan fingerprint density at radius 2 is 1.85 bits per heavy atom. The van der Waals surface area contributed by atoms with Gasteiger partial charge in [-0.2, -0.15) is 13.2 Å². The summed E-state index contributed by atoms with van der Waals surface area (Å²) >= 11 is 0. The van der Waals surface area contributed by atoms with Gasteiger partial charge in [-0.15, -0.1) is 0 Å². The molecule has 144 valence electrons. The molecule has 1 heterocycles. The van der Waals surface area contributed by atoms with Crippen LogP contribution in [-0.2, 0) is 28.7 Å². The quantitative estimate of drug-likeness (QED) is 0.449. The Bertz CT molecular complexity index is 933. The fourth-order valence-corrected chi connectivity index (χ4v) is 2.58. The summed E-state index contributed by atoms with van der Waals surface area (Å²) in [5, 5.41) is 11.4. The Kier molecular flexibility index (Phi) is 5.67. The normalized spacial score (nSPS) is 11.3. The Morgan fingerprint density at radius 1 is 1.26 bits per heavy atom. The smallest absolute Gasteiger partial charge is 0.416 e. The highest BCUT2D eigenvalue weighted by atomic mass is 19.4. The standard InChI is InChI=1S/C17H15F3N2O5/c1-10-7-12(8-11-3-5-13(6-4-11)17(18,19)20)15(22(25)26)16(24)21(10)9-14(23)27-2/h3-7H,8-9H2,1-2H3. The summed E-state index contributed by atoms with van der Waals surface area (Å²) in [6, 6.07) is 5.49. The molecule has 0 aliphatic carbocycles. The van der Waals surface area contributed by atoms with E-state index >= 15 is 0 Å². The minimum absolute atomic E-state index is 0.0448. The number of hydrogen-bond acceptors (Lipinski definition) is 5. The Hall–Kier alpha value is -3.17. The zero-order chi connectivity index (χ0) is 20.4. The van der Waals surface area contributed by atoms with Gasteiger partial charge in [0.25, 0.3) is 0 Å². The number of alkyl halides is 3. The van der Waals surface area contributed by atoms with Gasteiger partial charge in [-0.1, -0.05) is 12.1 Å². The molecule has 2 aromatic rings. The molecular formula is C17H15F3N2O5. The van der Waals surface area contributed by atoms with E-state index in [2.05, 4.69) is 4.74 Å². The first-order valence-electron chi connectivity index (χ1n) is 7.65. The van der Waals surface area contributed by atoms with E-state index < -0.39 is 40.4 Å². The summed E-state index contributed by atoms with van der Waals surface area (Å²) in [6.07, 6.45) is -4.60. The van der Waals surface area contributed by atoms with Gasteiger partial charge in [0.05, 0.1) is 17.6 Å². The maximum absolute atomic E-state index is 12.6. The number of hydrogen-bond donors (Lipinski definition) is 0. The molecule has 0 radical (unpaired) electrons. The van der Waals surface area contributed by atoms with Crippen LogP contribution >= 0.6 is 0 Å². The number of halogens is 3. The van der Waals surface area contributed by atoms with Crippen LogP contribution in [0.25, 0.3) is 0 Å². The third-order valence-corrected chi connectivity index (χ3v) is 3.93. The molecule has 2 rings (SSSR count). The molecule has 1 aromatic carbocycles. The number of aryl methyl sites for hydroxylation is 1. The van der Waals surface area contributed by atoms with Crippen molar-refractivity contribution in [2.24, 2.45) is 0 Å². The third-order valence-electron chi connectivity index (χ3n) is 3.93. The fourth-order valence-electron chi connectivity index (χ4n) is 2.58. The number of aromatic nitrogens is 1. The van der Waals surface area contributed by atoms with Gasteiger partial charge in [-0.25, -0.2) is 0 Å². The van der Waals surface area contributed by atoms with Gasteiger partial charge < -0.3 is 4.74 Å². The maximum Gasteiger partial charge on any atom is 0.416 e. The van der Waals surface area contributed by atoms with Crippen molar-refractivity contribution in [2.75, 3.05) is 7.11 Å². The number of rotatable bonds is 5. The monoisotopic (exact) mass is 384 g/mol. The number of nitro groups is 1. The molecule has 0 atom stereocenters. The fraction of sp³-hybridized carbons (Fsp3) is 0.294. The maximum atomic E-state index is 12.6. The number of nitrogens with zero attached hydrogens (tertiary/aromatic N) is 2. The van der Waals surface area contributed by atoms with Crippen LogP contribution in [0.1, 0.15) is 22.4 Å². The predicted molar refractivity (Wildman–Crippen MR) is 88.4 cm³/mol. The second-order valence-corrected chi connectivity index (χ2v) is 5.76. The Balaban J connectivity index is 2.46. The van der Waals surface area contributed by atoms with E-state index in [1.807, 2.05) is 0 Å². The lowest BCUT2D eigenvalue weighted by Gasteiger charge is -2.12. The Labute approximate surface area is 151 Å². The lowest BCUT2D eigenvalue weighted by Crippen LogP contribution is -2.29. The van der Waals surface area contributed by atoms with Crippen molar-refractivity contribution in [1.82, 2.24) is 4.57 Å². The topological polar surface area (TPSA) is 91.4 Å². The summed E-state index contributed by atoms with van der Waals surface area (Å²) in [4.78, 5) is 34.4. The number of methoxy groups -OCH3 is 1. The van der Waals surface area contributed by atoms with Gasteiger partial charge in [0.15, 0.2) is 0 Å². The van der Waals surface area contributed by atoms with Crippen LogP contribution in [0.15, 0.2) is 35.1 Å². The average Bonchev–Trinajstić information content (AvgIpc) is 2.57. The van der Waals surface area contributed by atoms with Crippen LogP contribution in [-0.4, -0.2) is 22.6 Å². The molecule has 1 aromatic heterocycles. The first kappa shape index (κ1) is 20.1. The number of carbonyl (C=O) groups is 1. The van der Waals surface area contributed by atoms with Crippen molar-refractivity contribution in [3.8, 4) is 0 Å². The van der Waals surface area contributed by atoms with E-state index in [-0.39, 0.29) is 17.7 Å². The van der Waals surface area contributed by atoms with Gasteiger partial charge in [0, 0.05) is 17.7 Å². The lowest BCUT2D eigenvalue weighted by molar-refractivity contribution is -0.387. The average molecular weight is 384 g/mol. The molecule has 0 bridgehead atoms. The highest BCUT2D eigenvalue weighted by Crippen LogP contribution is 2.29. The number of esters is 1. The molecule has 0 aliphatic rings. The van der Waals surface area contributed by atoms with E-state index in [0.29, 0.717) is 5.56 Å². The van der Waals surface area contributed by atoms with Crippen molar-refractivity contribution in [2.45, 2.75) is 26.1 Å². The Morgan fingerprint density at radius 3 is 2.33 bits per heavy atom. The number of carbonyl (C=O) groups excluding carboxylic acids is 1. The van der Waals surface area contributed by atoms with Crippen LogP contribution in [0, 0.1) is 17.0 Å². The van der Waals surface area contributed by atoms with Gasteiger partial charge in [0.1, 0.15) is 6.54 Å². The first-order valence-corrected chi connectivity index (χ1v) is 7.65. The molecule has 0 N–H and O–H groups in total. The summed E-state index contributed by atoms with van der Waals surface area (Å²) < 4.78 is 43.3. The van der Waals surface area contributed by atoms with Crippen LogP contribution in [0.5, 0.6) is 0 Å². The number of pyridine rings is 1. The lowest BCUT2D eigenvalue weighted by atomic mass is 10.0. The molecule has 0 spiro atoms. The van der Waals surface area contributed by atoms with Crippen molar-refractivity contribution in [3.05, 3.63) is 73.2 Å². The summed E-state index contributed by atoms with van der Waals surface area (Å²) in [5.74, 6) is -0.745. The molecule has 0 aliphatic heterocycles. The van der Waals surface area contributed by atoms with Crippen molar-refractivity contribution in [1.29, 1.82) is 0 Å². The minimum atomic E-state index is -4.49. The van der Waals surface area contributed by atoms with E-state index in [1.54, 1.807) is 0 Å². The van der Waals surface area contributed by atoms with Crippen LogP contribution in [0.2, 0.25) is 0 Å². The first-order chi connectivity index (χ1) is 12.5. The van der Waals surface area contributed by atoms with Crippen molar-refractivity contribution in [3.63, 3.8) is 0 Å². The molecule has 0 saturated carbocycles. The van der Waals surface area contributed by atoms with E-state index in [9.17, 15) is 32.9 Å². The van der Waals surface area contributed by atoms with Crippen molar-refractivity contribution >= 4 is 11.7 Å². The molecule has 0 saturated heterocycles. The molecular weight excluding hydrogens is 369 g/mol. The van der Waals surface area contributed by atoms with Crippen LogP contribution in [0.3, 0.4) is 0 Å². The van der Waals surface area contributed by atoms with Crippen LogP contribution in [0.4, 0.5) is 18.9 Å². The molecule has 27 heavy (non-hydrogen) atoms. The van der Waals surface area contributed by atoms with Crippen molar-refractivity contribution < 1.29 is 27.6 Å². The molecule has 0 fully saturated rings. The van der Waals surface area contributed by atoms with E-state index in [1.165, 1.54) is 25.1 Å². The predicted octanol–water partition coefficient (Wildman–Crippen LogP) is 2.85. The SMILES string of the molecule is COC(=O)Cn1c(C)cc(Cc2ccc(C(F)(F)F)cc2)c([N+](=O)[O-])c1=O. The second kappa shape index (κ2) is 7.60. The summed E-state index contributed by atoms with van der Waals surface area (Å²) in [6.45, 7) is 1.01. The largest absolute Gasteiger partial charge is 0.468 e.